The van der Waals surface area contributed by atoms with Gasteiger partial charge in [0, 0.05) is 43.7 Å². The average molecular weight is 644 g/mol. The van der Waals surface area contributed by atoms with E-state index in [1.165, 1.54) is 0 Å². The zero-order valence-corrected chi connectivity index (χ0v) is 27.2. The van der Waals surface area contributed by atoms with E-state index in [2.05, 4.69) is 15.5 Å². The molecule has 250 valence electrons. The number of nitrogens with one attached hydrogen (secondary N) is 2. The van der Waals surface area contributed by atoms with Crippen molar-refractivity contribution in [3.05, 3.63) is 59.7 Å². The lowest BCUT2D eigenvalue weighted by Crippen LogP contribution is -2.47. The summed E-state index contributed by atoms with van der Waals surface area (Å²) in [5.41, 5.74) is 3.27. The van der Waals surface area contributed by atoms with Crippen LogP contribution >= 0.6 is 0 Å². The summed E-state index contributed by atoms with van der Waals surface area (Å²) in [5.74, 6) is -0.524. The lowest BCUT2D eigenvalue weighted by molar-refractivity contribution is -0.144. The molecule has 4 saturated heterocycles. The number of hydrogen-bond acceptors (Lipinski definition) is 7. The van der Waals surface area contributed by atoms with Crippen LogP contribution < -0.4 is 10.6 Å². The van der Waals surface area contributed by atoms with Gasteiger partial charge in [-0.2, -0.15) is 0 Å². The van der Waals surface area contributed by atoms with Crippen LogP contribution in [0.25, 0.3) is 12.2 Å². The van der Waals surface area contributed by atoms with Crippen molar-refractivity contribution in [1.82, 2.24) is 14.7 Å². The fourth-order valence-corrected chi connectivity index (χ4v) is 6.90. The first-order valence-electron chi connectivity index (χ1n) is 16.8. The van der Waals surface area contributed by atoms with Crippen molar-refractivity contribution in [3.8, 4) is 0 Å². The molecule has 47 heavy (non-hydrogen) atoms. The Kier molecular flexibility index (Phi) is 10.3. The molecule has 0 bridgehead atoms. The maximum Gasteiger partial charge on any atom is 0.252 e. The Labute approximate surface area is 276 Å². The monoisotopic (exact) mass is 643 g/mol. The fraction of sp³-hybridized carbons (Fsp3) is 0.500. The van der Waals surface area contributed by atoms with Gasteiger partial charge in [-0.25, -0.2) is 0 Å². The highest BCUT2D eigenvalue weighted by Gasteiger charge is 2.43. The Hall–Kier alpha value is -4.06. The van der Waals surface area contributed by atoms with E-state index in [0.717, 1.165) is 36.8 Å². The predicted octanol–water partition coefficient (Wildman–Crippen LogP) is 3.61. The van der Waals surface area contributed by atoms with Crippen LogP contribution in [0.1, 0.15) is 56.1 Å². The Morgan fingerprint density at radius 1 is 0.702 bits per heavy atom. The van der Waals surface area contributed by atoms with Gasteiger partial charge in [-0.1, -0.05) is 36.4 Å². The molecule has 6 rings (SSSR count). The minimum absolute atomic E-state index is 0.0729. The molecule has 4 fully saturated rings. The summed E-state index contributed by atoms with van der Waals surface area (Å²) < 4.78 is 11.2. The summed E-state index contributed by atoms with van der Waals surface area (Å²) in [6, 6.07) is 14.2. The van der Waals surface area contributed by atoms with Crippen LogP contribution in [0.5, 0.6) is 0 Å². The highest BCUT2D eigenvalue weighted by Crippen LogP contribution is 2.27. The number of carbonyl (C=O) groups excluding carboxylic acids is 4. The van der Waals surface area contributed by atoms with Gasteiger partial charge < -0.3 is 34.8 Å². The number of ether oxygens (including phenoxy) is 2. The molecule has 4 aliphatic heterocycles. The van der Waals surface area contributed by atoms with Gasteiger partial charge in [0.25, 0.3) is 11.8 Å². The molecule has 2 N–H and O–H groups in total. The third kappa shape index (κ3) is 7.75. The van der Waals surface area contributed by atoms with Crippen LogP contribution in [0.3, 0.4) is 0 Å². The molecule has 0 radical (unpaired) electrons. The van der Waals surface area contributed by atoms with E-state index in [-0.39, 0.29) is 29.7 Å². The highest BCUT2D eigenvalue weighted by molar-refractivity contribution is 5.99. The quantitative estimate of drug-likeness (QED) is 0.401. The molecule has 2 aromatic rings. The zero-order chi connectivity index (χ0) is 32.9. The Balaban J connectivity index is 1.01. The molecule has 11 heteroatoms. The summed E-state index contributed by atoms with van der Waals surface area (Å²) >= 11 is 0. The molecule has 11 nitrogen and oxygen atoms in total. The number of benzene rings is 2. The van der Waals surface area contributed by atoms with E-state index in [1.54, 1.807) is 9.80 Å². The van der Waals surface area contributed by atoms with Gasteiger partial charge in [-0.15, -0.1) is 0 Å². The van der Waals surface area contributed by atoms with E-state index < -0.39 is 24.3 Å². The summed E-state index contributed by atoms with van der Waals surface area (Å²) in [7, 11) is 3.95. The molecule has 4 aliphatic rings. The van der Waals surface area contributed by atoms with Crippen molar-refractivity contribution >= 4 is 47.2 Å². The summed E-state index contributed by atoms with van der Waals surface area (Å²) in [6.45, 7) is 2.28. The van der Waals surface area contributed by atoms with E-state index >= 15 is 0 Å². The molecule has 4 heterocycles. The van der Waals surface area contributed by atoms with Crippen molar-refractivity contribution < 1.29 is 28.7 Å². The minimum Gasteiger partial charge on any atom is -0.368 e. The van der Waals surface area contributed by atoms with Crippen molar-refractivity contribution in [3.63, 3.8) is 0 Å². The Bertz CT molecular complexity index is 1460. The molecule has 5 atom stereocenters. The number of amides is 4. The molecule has 0 aromatic heterocycles. The molecule has 0 saturated carbocycles. The van der Waals surface area contributed by atoms with Gasteiger partial charge in [0.1, 0.15) is 24.3 Å². The number of rotatable bonds is 9. The molecule has 4 amide bonds. The van der Waals surface area contributed by atoms with Gasteiger partial charge in [0.05, 0.1) is 0 Å². The van der Waals surface area contributed by atoms with Crippen molar-refractivity contribution in [2.24, 2.45) is 0 Å². The summed E-state index contributed by atoms with van der Waals surface area (Å²) in [5, 5.41) is 5.98. The lowest BCUT2D eigenvalue weighted by atomic mass is 10.1. The first-order chi connectivity index (χ1) is 22.8. The number of anilines is 2. The zero-order valence-electron chi connectivity index (χ0n) is 27.2. The van der Waals surface area contributed by atoms with Gasteiger partial charge in [-0.3, -0.25) is 19.2 Å². The molecule has 0 aliphatic carbocycles. The topological polar surface area (TPSA) is 121 Å². The van der Waals surface area contributed by atoms with Gasteiger partial charge in [0.2, 0.25) is 11.8 Å². The second kappa shape index (κ2) is 14.8. The summed E-state index contributed by atoms with van der Waals surface area (Å²) in [4.78, 5) is 57.9. The lowest BCUT2D eigenvalue weighted by Gasteiger charge is -2.26. The smallest absolute Gasteiger partial charge is 0.252 e. The Morgan fingerprint density at radius 2 is 1.21 bits per heavy atom. The van der Waals surface area contributed by atoms with Crippen LogP contribution in [0, 0.1) is 0 Å². The number of carbonyl (C=O) groups is 4. The largest absolute Gasteiger partial charge is 0.368 e. The first-order valence-corrected chi connectivity index (χ1v) is 16.8. The second-order valence-electron chi connectivity index (χ2n) is 13.1. The molecular weight excluding hydrogens is 598 g/mol. The normalized spacial score (nSPS) is 26.0. The van der Waals surface area contributed by atoms with Gasteiger partial charge in [-0.05, 0) is 94.4 Å². The summed E-state index contributed by atoms with van der Waals surface area (Å²) in [6.07, 6.45) is 8.28. The molecular formula is C36H45N5O6. The maximum atomic E-state index is 13.4. The van der Waals surface area contributed by atoms with Crippen molar-refractivity contribution in [2.45, 2.75) is 75.3 Å². The third-order valence-electron chi connectivity index (χ3n) is 9.67. The minimum atomic E-state index is -0.544. The molecule has 2 aromatic carbocycles. The fourth-order valence-electron chi connectivity index (χ4n) is 6.90. The number of likely N-dealkylation sites (N-methyl/N-ethyl adjacent to an activating group) is 1. The van der Waals surface area contributed by atoms with E-state index in [9.17, 15) is 19.2 Å². The van der Waals surface area contributed by atoms with Crippen LogP contribution in [-0.4, -0.2) is 109 Å². The average Bonchev–Trinajstić information content (AvgIpc) is 3.91. The third-order valence-corrected chi connectivity index (χ3v) is 9.67. The standard InChI is InChI=1S/C36H45N5O6/c1-39(2)28-22-30(41(23-28)36(45)32-8-5-21-47-32)34(43)38-27-17-13-25(14-18-27)10-9-24-11-15-26(16-12-24)37-33(42)29-6-3-19-40(29)35(44)31-7-4-20-46-31/h9-18,28-32H,3-8,19-23H2,1-2H3,(H,37,42)(H,38,43)/b10-9+/t28-,29-,30-,31+,32+/m0/s1. The van der Waals surface area contributed by atoms with Crippen LogP contribution in [0.2, 0.25) is 0 Å². The van der Waals surface area contributed by atoms with Gasteiger partial charge >= 0.3 is 0 Å². The number of nitrogens with zero attached hydrogens (tertiary/aromatic N) is 3. The van der Waals surface area contributed by atoms with Crippen LogP contribution in [-0.2, 0) is 28.7 Å². The van der Waals surface area contributed by atoms with Crippen LogP contribution in [0.15, 0.2) is 48.5 Å². The highest BCUT2D eigenvalue weighted by atomic mass is 16.5. The van der Waals surface area contributed by atoms with Gasteiger partial charge in [0.15, 0.2) is 0 Å². The molecule has 0 spiro atoms. The van der Waals surface area contributed by atoms with Crippen molar-refractivity contribution in [2.75, 3.05) is 51.0 Å². The first kappa shape index (κ1) is 32.9. The predicted molar refractivity (Wildman–Crippen MR) is 179 cm³/mol. The Morgan fingerprint density at radius 3 is 1.70 bits per heavy atom. The van der Waals surface area contributed by atoms with E-state index in [1.807, 2.05) is 74.8 Å². The number of hydrogen-bond donors (Lipinski definition) is 2. The van der Waals surface area contributed by atoms with E-state index in [0.29, 0.717) is 56.9 Å². The second-order valence-corrected chi connectivity index (χ2v) is 13.1. The molecule has 0 unspecified atom stereocenters. The SMILES string of the molecule is CN(C)[C@H]1C[C@@H](C(=O)Nc2ccc(/C=C/c3ccc(NC(=O)[C@@H]4CCCN4C(=O)[C@H]4CCCO4)cc3)cc2)N(C(=O)[C@H]2CCCO2)C1. The van der Waals surface area contributed by atoms with E-state index in [4.69, 9.17) is 9.47 Å². The van der Waals surface area contributed by atoms with Crippen LogP contribution in [0.4, 0.5) is 11.4 Å². The van der Waals surface area contributed by atoms with Crippen molar-refractivity contribution in [1.29, 1.82) is 0 Å². The maximum absolute atomic E-state index is 13.4. The number of likely N-dealkylation sites (tertiary alicyclic amines) is 2.